The Morgan fingerprint density at radius 1 is 1.32 bits per heavy atom. The molecule has 6 nitrogen and oxygen atoms in total. The van der Waals surface area contributed by atoms with Crippen LogP contribution in [0.25, 0.3) is 4.85 Å². The van der Waals surface area contributed by atoms with Crippen LogP contribution in [0.4, 0.5) is 16.6 Å². The van der Waals surface area contributed by atoms with Gasteiger partial charge in [-0.05, 0) is 24.3 Å². The van der Waals surface area contributed by atoms with Crippen LogP contribution in [0.5, 0.6) is 0 Å². The van der Waals surface area contributed by atoms with Gasteiger partial charge in [0.25, 0.3) is 0 Å². The third-order valence-electron chi connectivity index (χ3n) is 4.37. The van der Waals surface area contributed by atoms with E-state index in [9.17, 15) is 5.26 Å². The van der Waals surface area contributed by atoms with E-state index in [2.05, 4.69) is 20.9 Å². The first-order valence-corrected chi connectivity index (χ1v) is 9.94. The summed E-state index contributed by atoms with van der Waals surface area (Å²) < 4.78 is 0. The number of nitriles is 1. The fourth-order valence-corrected chi connectivity index (χ4v) is 4.80. The number of thioether (sulfide) groups is 1. The Bertz CT molecular complexity index is 855. The van der Waals surface area contributed by atoms with E-state index in [-0.39, 0.29) is 11.7 Å². The third-order valence-corrected chi connectivity index (χ3v) is 6.10. The van der Waals surface area contributed by atoms with Gasteiger partial charge in [-0.3, -0.25) is 0 Å². The topological polar surface area (TPSA) is 106 Å². The maximum absolute atomic E-state index is 9.76. The maximum atomic E-state index is 9.76. The molecule has 2 aromatic heterocycles. The lowest BCUT2D eigenvalue weighted by molar-refractivity contribution is 0.443. The molecule has 3 rings (SSSR count). The van der Waals surface area contributed by atoms with Crippen molar-refractivity contribution in [2.75, 3.05) is 11.5 Å². The second kappa shape index (κ2) is 7.73. The van der Waals surface area contributed by atoms with Crippen LogP contribution < -0.4 is 11.5 Å². The summed E-state index contributed by atoms with van der Waals surface area (Å²) in [6.45, 7) is 7.49. The molecule has 4 N–H and O–H groups in total. The SMILES string of the molecule is [C-]#[N+]c1c(N)nc(SCc2csc(N)n2)c(C#N)c1C1CCCCC1. The van der Waals surface area contributed by atoms with Gasteiger partial charge < -0.3 is 11.5 Å². The smallest absolute Gasteiger partial charge is 0.232 e. The van der Waals surface area contributed by atoms with E-state index >= 15 is 0 Å². The van der Waals surface area contributed by atoms with Crippen molar-refractivity contribution in [2.24, 2.45) is 0 Å². The molecular weight excluding hydrogens is 352 g/mol. The molecule has 0 atom stereocenters. The number of hydrogen-bond acceptors (Lipinski definition) is 7. The molecule has 0 unspecified atom stereocenters. The van der Waals surface area contributed by atoms with Crippen LogP contribution in [0, 0.1) is 17.9 Å². The molecule has 1 saturated carbocycles. The molecule has 0 aromatic carbocycles. The van der Waals surface area contributed by atoms with Gasteiger partial charge >= 0.3 is 0 Å². The third kappa shape index (κ3) is 3.71. The lowest BCUT2D eigenvalue weighted by Gasteiger charge is -2.25. The Balaban J connectivity index is 1.99. The summed E-state index contributed by atoms with van der Waals surface area (Å²) in [5.41, 5.74) is 14.2. The molecule has 0 saturated heterocycles. The van der Waals surface area contributed by atoms with Crippen molar-refractivity contribution >= 4 is 39.7 Å². The van der Waals surface area contributed by atoms with Crippen LogP contribution in [-0.4, -0.2) is 9.97 Å². The standard InChI is InChI=1S/C17H18N6S2/c1-21-14-13(10-5-3-2-4-6-10)12(7-18)16(23-15(14)19)24-8-11-9-25-17(20)22-11/h9-10H,2-6,8H2,(H2,19,23)(H2,20,22). The van der Waals surface area contributed by atoms with Crippen molar-refractivity contribution in [3.8, 4) is 6.07 Å². The van der Waals surface area contributed by atoms with Crippen LogP contribution in [0.2, 0.25) is 0 Å². The van der Waals surface area contributed by atoms with Crippen molar-refractivity contribution < 1.29 is 0 Å². The fourth-order valence-electron chi connectivity index (χ4n) is 3.24. The molecule has 2 aromatic rings. The maximum Gasteiger partial charge on any atom is 0.232 e. The van der Waals surface area contributed by atoms with Crippen molar-refractivity contribution in [1.29, 1.82) is 5.26 Å². The van der Waals surface area contributed by atoms with Crippen LogP contribution in [0.15, 0.2) is 10.4 Å². The van der Waals surface area contributed by atoms with E-state index in [0.29, 0.717) is 27.2 Å². The number of hydrogen-bond donors (Lipinski definition) is 2. The second-order valence-corrected chi connectivity index (χ2v) is 7.82. The van der Waals surface area contributed by atoms with Crippen LogP contribution in [0.3, 0.4) is 0 Å². The van der Waals surface area contributed by atoms with E-state index in [0.717, 1.165) is 36.9 Å². The Hall–Kier alpha value is -2.29. The number of nitrogens with two attached hydrogens (primary N) is 2. The van der Waals surface area contributed by atoms with Gasteiger partial charge in [-0.1, -0.05) is 31.0 Å². The number of anilines is 2. The number of nitrogens with zero attached hydrogens (tertiary/aromatic N) is 4. The zero-order valence-corrected chi connectivity index (χ0v) is 15.3. The molecule has 0 amide bonds. The van der Waals surface area contributed by atoms with Gasteiger partial charge in [0.2, 0.25) is 5.69 Å². The highest BCUT2D eigenvalue weighted by atomic mass is 32.2. The van der Waals surface area contributed by atoms with Crippen LogP contribution in [-0.2, 0) is 5.75 Å². The number of nitrogen functional groups attached to an aromatic ring is 2. The highest BCUT2D eigenvalue weighted by molar-refractivity contribution is 7.98. The molecule has 1 fully saturated rings. The lowest BCUT2D eigenvalue weighted by Crippen LogP contribution is -2.10. The predicted octanol–water partition coefficient (Wildman–Crippen LogP) is 4.46. The molecule has 1 aliphatic rings. The fraction of sp³-hybridized carbons (Fsp3) is 0.412. The monoisotopic (exact) mass is 370 g/mol. The van der Waals surface area contributed by atoms with Gasteiger partial charge in [0.1, 0.15) is 16.9 Å². The number of rotatable bonds is 4. The van der Waals surface area contributed by atoms with Crippen LogP contribution in [0.1, 0.15) is 54.8 Å². The van der Waals surface area contributed by atoms with Gasteiger partial charge in [-0.2, -0.15) is 5.26 Å². The molecule has 1 aliphatic carbocycles. The van der Waals surface area contributed by atoms with Crippen molar-refractivity contribution in [3.05, 3.63) is 33.6 Å². The van der Waals surface area contributed by atoms with Crippen LogP contribution >= 0.6 is 23.1 Å². The molecule has 25 heavy (non-hydrogen) atoms. The van der Waals surface area contributed by atoms with E-state index in [1.54, 1.807) is 0 Å². The highest BCUT2D eigenvalue weighted by Crippen LogP contribution is 2.44. The largest absolute Gasteiger partial charge is 0.392 e. The molecule has 0 radical (unpaired) electrons. The first-order chi connectivity index (χ1) is 12.1. The summed E-state index contributed by atoms with van der Waals surface area (Å²) in [5, 5.41) is 12.8. The van der Waals surface area contributed by atoms with Crippen molar-refractivity contribution in [3.63, 3.8) is 0 Å². The summed E-state index contributed by atoms with van der Waals surface area (Å²) >= 11 is 2.81. The lowest BCUT2D eigenvalue weighted by atomic mass is 9.82. The summed E-state index contributed by atoms with van der Waals surface area (Å²) in [7, 11) is 0. The number of thiazole rings is 1. The minimum Gasteiger partial charge on any atom is -0.392 e. The average molecular weight is 371 g/mol. The zero-order valence-electron chi connectivity index (χ0n) is 13.7. The predicted molar refractivity (Wildman–Crippen MR) is 102 cm³/mol. The first-order valence-electron chi connectivity index (χ1n) is 8.07. The van der Waals surface area contributed by atoms with Gasteiger partial charge in [0.05, 0.1) is 17.8 Å². The Morgan fingerprint density at radius 2 is 2.08 bits per heavy atom. The summed E-state index contributed by atoms with van der Waals surface area (Å²) in [4.78, 5) is 12.2. The highest BCUT2D eigenvalue weighted by Gasteiger charge is 2.26. The van der Waals surface area contributed by atoms with E-state index in [1.165, 1.54) is 29.5 Å². The first kappa shape index (κ1) is 17.5. The van der Waals surface area contributed by atoms with Gasteiger partial charge in [-0.15, -0.1) is 11.3 Å². The summed E-state index contributed by atoms with van der Waals surface area (Å²) in [6.07, 6.45) is 5.44. The van der Waals surface area contributed by atoms with Crippen molar-refractivity contribution in [1.82, 2.24) is 9.97 Å². The molecule has 8 heteroatoms. The molecular formula is C17H18N6S2. The number of pyridine rings is 1. The molecule has 0 bridgehead atoms. The average Bonchev–Trinajstić information content (AvgIpc) is 3.05. The Morgan fingerprint density at radius 3 is 2.68 bits per heavy atom. The molecule has 2 heterocycles. The van der Waals surface area contributed by atoms with Crippen molar-refractivity contribution in [2.45, 2.75) is 48.8 Å². The van der Waals surface area contributed by atoms with E-state index in [1.807, 2.05) is 5.38 Å². The minimum atomic E-state index is 0.215. The normalized spacial score (nSPS) is 14.8. The molecule has 0 aliphatic heterocycles. The molecule has 128 valence electrons. The summed E-state index contributed by atoms with van der Waals surface area (Å²) in [6, 6.07) is 2.28. The minimum absolute atomic E-state index is 0.215. The Kier molecular flexibility index (Phi) is 5.42. The van der Waals surface area contributed by atoms with Gasteiger partial charge in [-0.25, -0.2) is 14.8 Å². The quantitative estimate of drug-likeness (QED) is 0.608. The van der Waals surface area contributed by atoms with Gasteiger partial charge in [0.15, 0.2) is 5.13 Å². The number of aromatic nitrogens is 2. The van der Waals surface area contributed by atoms with Gasteiger partial charge in [0, 0.05) is 11.1 Å². The Labute approximate surface area is 155 Å². The van der Waals surface area contributed by atoms with E-state index in [4.69, 9.17) is 18.0 Å². The zero-order chi connectivity index (χ0) is 17.8. The summed E-state index contributed by atoms with van der Waals surface area (Å²) in [5.74, 6) is 0.998. The second-order valence-electron chi connectivity index (χ2n) is 5.96. The molecule has 0 spiro atoms. The van der Waals surface area contributed by atoms with E-state index < -0.39 is 0 Å².